The van der Waals surface area contributed by atoms with Gasteiger partial charge >= 0.3 is 12.1 Å². The lowest BCUT2D eigenvalue weighted by Crippen LogP contribution is -2.43. The molecule has 2 rings (SSSR count). The molecule has 2 heterocycles. The molecular weight excluding hydrogens is 351 g/mol. The number of alkyl halides is 3. The second-order valence-electron chi connectivity index (χ2n) is 6.97. The maximum Gasteiger partial charge on any atom is 0.417 e. The van der Waals surface area contributed by atoms with Crippen molar-refractivity contribution in [1.29, 1.82) is 5.26 Å². The summed E-state index contributed by atoms with van der Waals surface area (Å²) in [7, 11) is 0. The van der Waals surface area contributed by atoms with E-state index in [-0.39, 0.29) is 18.5 Å². The van der Waals surface area contributed by atoms with Crippen LogP contribution in [0.1, 0.15) is 50.4 Å². The number of esters is 1. The number of aryl methyl sites for hydroxylation is 1. The zero-order valence-corrected chi connectivity index (χ0v) is 14.8. The number of halogens is 3. The van der Waals surface area contributed by atoms with Crippen LogP contribution in [-0.2, 0) is 20.5 Å². The number of pyridine rings is 1. The molecule has 1 saturated heterocycles. The number of nitriles is 1. The summed E-state index contributed by atoms with van der Waals surface area (Å²) in [5.74, 6) is -1.79. The molecule has 26 heavy (non-hydrogen) atoms. The van der Waals surface area contributed by atoms with E-state index in [0.717, 1.165) is 11.0 Å². The topological polar surface area (TPSA) is 83.3 Å². The fourth-order valence-electron chi connectivity index (χ4n) is 2.71. The fourth-order valence-corrected chi connectivity index (χ4v) is 2.71. The largest absolute Gasteiger partial charge is 0.458 e. The first kappa shape index (κ1) is 19.7. The van der Waals surface area contributed by atoms with E-state index < -0.39 is 46.6 Å². The van der Waals surface area contributed by atoms with Crippen molar-refractivity contribution in [2.75, 3.05) is 4.90 Å². The quantitative estimate of drug-likeness (QED) is 0.748. The number of rotatable bonds is 2. The monoisotopic (exact) mass is 369 g/mol. The second-order valence-corrected chi connectivity index (χ2v) is 6.97. The Morgan fingerprint density at radius 2 is 2.00 bits per heavy atom. The van der Waals surface area contributed by atoms with E-state index in [0.29, 0.717) is 0 Å². The van der Waals surface area contributed by atoms with Crippen molar-refractivity contribution < 1.29 is 27.5 Å². The van der Waals surface area contributed by atoms with Gasteiger partial charge < -0.3 is 4.74 Å². The van der Waals surface area contributed by atoms with Crippen molar-refractivity contribution >= 4 is 17.7 Å². The van der Waals surface area contributed by atoms with Gasteiger partial charge in [0, 0.05) is 12.1 Å². The van der Waals surface area contributed by atoms with E-state index in [9.17, 15) is 28.0 Å². The molecule has 0 aliphatic carbocycles. The van der Waals surface area contributed by atoms with Crippen LogP contribution >= 0.6 is 0 Å². The Morgan fingerprint density at radius 1 is 1.38 bits per heavy atom. The van der Waals surface area contributed by atoms with Crippen molar-refractivity contribution in [1.82, 2.24) is 4.98 Å². The molecule has 1 fully saturated rings. The summed E-state index contributed by atoms with van der Waals surface area (Å²) in [5.41, 5.74) is -2.82. The molecular formula is C17H18F3N3O3. The molecule has 6 nitrogen and oxygen atoms in total. The minimum Gasteiger partial charge on any atom is -0.458 e. The lowest BCUT2D eigenvalue weighted by Gasteiger charge is -2.28. The number of carbonyl (C=O) groups excluding carboxylic acids is 2. The SMILES string of the molecule is Cc1cc(C(F)(F)F)c(C#N)c(N2C(=O)CCC2C(=O)OC(C)(C)C)n1. The number of aromatic nitrogens is 1. The van der Waals surface area contributed by atoms with Crippen LogP contribution in [-0.4, -0.2) is 28.5 Å². The molecule has 0 saturated carbocycles. The van der Waals surface area contributed by atoms with Crippen LogP contribution in [0.4, 0.5) is 19.0 Å². The van der Waals surface area contributed by atoms with Gasteiger partial charge in [-0.3, -0.25) is 9.69 Å². The van der Waals surface area contributed by atoms with Crippen LogP contribution in [0, 0.1) is 18.3 Å². The Bertz CT molecular complexity index is 791. The first-order valence-corrected chi connectivity index (χ1v) is 7.89. The van der Waals surface area contributed by atoms with Crippen molar-refractivity contribution in [3.63, 3.8) is 0 Å². The van der Waals surface area contributed by atoms with E-state index in [1.165, 1.54) is 13.0 Å². The van der Waals surface area contributed by atoms with Crippen molar-refractivity contribution in [2.45, 2.75) is 58.4 Å². The normalized spacial score (nSPS) is 18.0. The number of carbonyl (C=O) groups is 2. The number of anilines is 1. The van der Waals surface area contributed by atoms with Crippen molar-refractivity contribution in [3.8, 4) is 6.07 Å². The van der Waals surface area contributed by atoms with Gasteiger partial charge in [-0.2, -0.15) is 18.4 Å². The number of ether oxygens (including phenoxy) is 1. The van der Waals surface area contributed by atoms with E-state index >= 15 is 0 Å². The molecule has 1 atom stereocenters. The van der Waals surface area contributed by atoms with Gasteiger partial charge in [-0.05, 0) is 40.2 Å². The molecule has 0 radical (unpaired) electrons. The third-order valence-corrected chi connectivity index (χ3v) is 3.66. The molecule has 0 bridgehead atoms. The molecule has 0 spiro atoms. The number of hydrogen-bond donors (Lipinski definition) is 0. The third-order valence-electron chi connectivity index (χ3n) is 3.66. The van der Waals surface area contributed by atoms with Crippen molar-refractivity contribution in [3.05, 3.63) is 22.9 Å². The fraction of sp³-hybridized carbons (Fsp3) is 0.529. The van der Waals surface area contributed by atoms with E-state index in [4.69, 9.17) is 4.74 Å². The number of amides is 1. The van der Waals surface area contributed by atoms with Gasteiger partial charge in [-0.25, -0.2) is 9.78 Å². The van der Waals surface area contributed by atoms with Crippen LogP contribution in [0.25, 0.3) is 0 Å². The summed E-state index contributed by atoms with van der Waals surface area (Å²) in [6, 6.07) is 1.09. The second kappa shape index (κ2) is 6.59. The Kier molecular flexibility index (Phi) is 4.99. The molecule has 9 heteroatoms. The van der Waals surface area contributed by atoms with Gasteiger partial charge in [0.25, 0.3) is 0 Å². The van der Waals surface area contributed by atoms with Crippen LogP contribution in [0.5, 0.6) is 0 Å². The highest BCUT2D eigenvalue weighted by molar-refractivity contribution is 6.02. The highest BCUT2D eigenvalue weighted by atomic mass is 19.4. The maximum absolute atomic E-state index is 13.3. The average Bonchev–Trinajstić information content (AvgIpc) is 2.85. The predicted octanol–water partition coefficient (Wildman–Crippen LogP) is 3.12. The summed E-state index contributed by atoms with van der Waals surface area (Å²) >= 11 is 0. The predicted molar refractivity (Wildman–Crippen MR) is 85.0 cm³/mol. The number of nitrogens with zero attached hydrogens (tertiary/aromatic N) is 3. The molecule has 0 N–H and O–H groups in total. The van der Waals surface area contributed by atoms with Gasteiger partial charge in [-0.1, -0.05) is 0 Å². The lowest BCUT2D eigenvalue weighted by atomic mass is 10.1. The smallest absolute Gasteiger partial charge is 0.417 e. The standard InChI is InChI=1S/C17H18F3N3O3/c1-9-7-11(17(18,19)20)10(8-21)14(22-9)23-12(5-6-13(23)24)15(25)26-16(2,3)4/h7,12H,5-6H2,1-4H3. The van der Waals surface area contributed by atoms with Gasteiger partial charge in [0.15, 0.2) is 5.82 Å². The molecule has 1 aliphatic rings. The van der Waals surface area contributed by atoms with Crippen LogP contribution in [0.2, 0.25) is 0 Å². The van der Waals surface area contributed by atoms with Gasteiger partial charge in [0.05, 0.1) is 5.56 Å². The van der Waals surface area contributed by atoms with Crippen LogP contribution < -0.4 is 4.90 Å². The summed E-state index contributed by atoms with van der Waals surface area (Å²) < 4.78 is 45.1. The summed E-state index contributed by atoms with van der Waals surface area (Å²) in [6.45, 7) is 6.24. The van der Waals surface area contributed by atoms with Crippen LogP contribution in [0.15, 0.2) is 6.07 Å². The first-order chi connectivity index (χ1) is 11.8. The Balaban J connectivity index is 2.58. The zero-order valence-electron chi connectivity index (χ0n) is 14.8. The minimum absolute atomic E-state index is 0.0195. The van der Waals surface area contributed by atoms with Gasteiger partial charge in [0.1, 0.15) is 23.3 Å². The molecule has 1 unspecified atom stereocenters. The zero-order chi connectivity index (χ0) is 19.9. The van der Waals surface area contributed by atoms with Crippen molar-refractivity contribution in [2.24, 2.45) is 0 Å². The van der Waals surface area contributed by atoms with E-state index in [2.05, 4.69) is 4.98 Å². The summed E-state index contributed by atoms with van der Waals surface area (Å²) in [6.07, 6.45) is -4.76. The molecule has 1 amide bonds. The molecule has 0 aromatic carbocycles. The molecule has 1 aliphatic heterocycles. The first-order valence-electron chi connectivity index (χ1n) is 7.89. The minimum atomic E-state index is -4.79. The van der Waals surface area contributed by atoms with E-state index in [1.54, 1.807) is 20.8 Å². The molecule has 1 aromatic heterocycles. The summed E-state index contributed by atoms with van der Waals surface area (Å²) in [4.78, 5) is 29.5. The Labute approximate surface area is 148 Å². The van der Waals surface area contributed by atoms with Crippen LogP contribution in [0.3, 0.4) is 0 Å². The van der Waals surface area contributed by atoms with E-state index in [1.807, 2.05) is 0 Å². The highest BCUT2D eigenvalue weighted by Crippen LogP contribution is 2.38. The molecule has 140 valence electrons. The van der Waals surface area contributed by atoms with Gasteiger partial charge in [-0.15, -0.1) is 0 Å². The average molecular weight is 369 g/mol. The third kappa shape index (κ3) is 3.95. The number of hydrogen-bond acceptors (Lipinski definition) is 5. The lowest BCUT2D eigenvalue weighted by molar-refractivity contribution is -0.156. The summed E-state index contributed by atoms with van der Waals surface area (Å²) in [5, 5.41) is 9.27. The molecule has 1 aromatic rings. The maximum atomic E-state index is 13.3. The van der Waals surface area contributed by atoms with Gasteiger partial charge in [0.2, 0.25) is 5.91 Å². The Morgan fingerprint density at radius 3 is 2.50 bits per heavy atom. The highest BCUT2D eigenvalue weighted by Gasteiger charge is 2.44. The Hall–Kier alpha value is -2.63.